The highest BCUT2D eigenvalue weighted by Gasteiger charge is 2.39. The Morgan fingerprint density at radius 3 is 2.48 bits per heavy atom. The van der Waals surface area contributed by atoms with Crippen molar-refractivity contribution in [3.8, 4) is 0 Å². The fraction of sp³-hybridized carbons (Fsp3) is 0.543. The van der Waals surface area contributed by atoms with Crippen LogP contribution in [0.3, 0.4) is 0 Å². The number of ether oxygens (including phenoxy) is 1. The maximum absolute atomic E-state index is 13.9. The van der Waals surface area contributed by atoms with Gasteiger partial charge >= 0.3 is 0 Å². The van der Waals surface area contributed by atoms with Crippen molar-refractivity contribution in [2.45, 2.75) is 80.7 Å². The van der Waals surface area contributed by atoms with Crippen LogP contribution in [0.25, 0.3) is 10.8 Å². The number of nitrogens with zero attached hydrogens (tertiary/aromatic N) is 4. The fourth-order valence-corrected chi connectivity index (χ4v) is 9.35. The first-order chi connectivity index (χ1) is 21.5. The zero-order chi connectivity index (χ0) is 30.4. The largest absolute Gasteiger partial charge is 0.369 e. The summed E-state index contributed by atoms with van der Waals surface area (Å²) in [5.41, 5.74) is 0.682. The van der Waals surface area contributed by atoms with Crippen LogP contribution >= 0.6 is 0 Å². The molecule has 3 aromatic rings. The van der Waals surface area contributed by atoms with Gasteiger partial charge < -0.3 is 14.5 Å². The smallest absolute Gasteiger partial charge is 0.243 e. The third kappa shape index (κ3) is 6.86. The number of piperidine rings is 2. The number of hydrogen-bond acceptors (Lipinski definition) is 6. The highest BCUT2D eigenvalue weighted by Crippen LogP contribution is 2.37. The standard InChI is InChI=1S/C35H46N4O4S/c40-34(38-24-18-35(19-25-38,30-12-9-20-36-28-30)43-27-26-37-21-5-6-22-37)17-8-14-31-13-3-4-23-39(31)44(41,42)33-16-7-11-29-10-1-2-15-32(29)33/h1-2,7,9-12,15-16,20,28,31H,3-6,8,13-14,17-19,21-27H2. The van der Waals surface area contributed by atoms with Gasteiger partial charge in [-0.25, -0.2) is 8.42 Å². The van der Waals surface area contributed by atoms with Gasteiger partial charge in [0, 0.05) is 62.0 Å². The number of likely N-dealkylation sites (tertiary alicyclic amines) is 2. The molecule has 0 radical (unpaired) electrons. The van der Waals surface area contributed by atoms with E-state index in [4.69, 9.17) is 4.74 Å². The van der Waals surface area contributed by atoms with Crippen LogP contribution in [0, 0.1) is 0 Å². The first-order valence-electron chi connectivity index (χ1n) is 16.5. The van der Waals surface area contributed by atoms with E-state index >= 15 is 0 Å². The Morgan fingerprint density at radius 1 is 0.909 bits per heavy atom. The van der Waals surface area contributed by atoms with Gasteiger partial charge in [0.2, 0.25) is 15.9 Å². The molecular formula is C35H46N4O4S. The summed E-state index contributed by atoms with van der Waals surface area (Å²) in [5, 5.41) is 1.70. The molecule has 44 heavy (non-hydrogen) atoms. The summed E-state index contributed by atoms with van der Waals surface area (Å²) >= 11 is 0. The second-order valence-corrected chi connectivity index (χ2v) is 14.5. The molecule has 1 atom stereocenters. The highest BCUT2D eigenvalue weighted by atomic mass is 32.2. The van der Waals surface area contributed by atoms with Crippen molar-refractivity contribution in [3.63, 3.8) is 0 Å². The minimum Gasteiger partial charge on any atom is -0.369 e. The number of amides is 1. The lowest BCUT2D eigenvalue weighted by molar-refractivity contribution is -0.140. The van der Waals surface area contributed by atoms with E-state index in [1.165, 1.54) is 12.8 Å². The van der Waals surface area contributed by atoms with Crippen molar-refractivity contribution in [2.24, 2.45) is 0 Å². The number of aromatic nitrogens is 1. The summed E-state index contributed by atoms with van der Waals surface area (Å²) in [7, 11) is -3.65. The molecular weight excluding hydrogens is 572 g/mol. The lowest BCUT2D eigenvalue weighted by atomic mass is 9.84. The number of pyridine rings is 1. The molecule has 0 N–H and O–H groups in total. The summed E-state index contributed by atoms with van der Waals surface area (Å²) in [5.74, 6) is 0.154. The molecule has 2 aromatic carbocycles. The lowest BCUT2D eigenvalue weighted by Crippen LogP contribution is -2.47. The predicted octanol–water partition coefficient (Wildman–Crippen LogP) is 5.58. The summed E-state index contributed by atoms with van der Waals surface area (Å²) in [6.45, 7) is 5.77. The normalized spacial score (nSPS) is 21.5. The molecule has 0 saturated carbocycles. The van der Waals surface area contributed by atoms with Crippen LogP contribution in [0.2, 0.25) is 0 Å². The van der Waals surface area contributed by atoms with Gasteiger partial charge in [-0.15, -0.1) is 0 Å². The van der Waals surface area contributed by atoms with Crippen LogP contribution in [0.5, 0.6) is 0 Å². The van der Waals surface area contributed by atoms with Crippen molar-refractivity contribution in [3.05, 3.63) is 72.6 Å². The predicted molar refractivity (Wildman–Crippen MR) is 173 cm³/mol. The third-order valence-corrected chi connectivity index (χ3v) is 11.9. The van der Waals surface area contributed by atoms with E-state index in [0.29, 0.717) is 50.4 Å². The molecule has 3 fully saturated rings. The third-order valence-electron chi connectivity index (χ3n) is 9.93. The van der Waals surface area contributed by atoms with E-state index < -0.39 is 15.6 Å². The molecule has 0 bridgehead atoms. The molecule has 8 nitrogen and oxygen atoms in total. The van der Waals surface area contributed by atoms with E-state index in [1.807, 2.05) is 53.6 Å². The number of hydrogen-bond donors (Lipinski definition) is 0. The molecule has 9 heteroatoms. The highest BCUT2D eigenvalue weighted by molar-refractivity contribution is 7.89. The van der Waals surface area contributed by atoms with E-state index in [0.717, 1.165) is 68.1 Å². The lowest BCUT2D eigenvalue weighted by Gasteiger charge is -2.42. The van der Waals surface area contributed by atoms with Gasteiger partial charge in [-0.1, -0.05) is 48.9 Å². The quantitative estimate of drug-likeness (QED) is 0.279. The minimum absolute atomic E-state index is 0.0795. The van der Waals surface area contributed by atoms with Crippen LogP contribution in [-0.2, 0) is 25.2 Å². The maximum Gasteiger partial charge on any atom is 0.243 e. The second-order valence-electron chi connectivity index (χ2n) is 12.6. The molecule has 1 aromatic heterocycles. The maximum atomic E-state index is 13.9. The molecule has 4 heterocycles. The van der Waals surface area contributed by atoms with Crippen molar-refractivity contribution in [2.75, 3.05) is 45.9 Å². The molecule has 3 aliphatic heterocycles. The topological polar surface area (TPSA) is 83.0 Å². The van der Waals surface area contributed by atoms with Crippen LogP contribution in [0.4, 0.5) is 0 Å². The van der Waals surface area contributed by atoms with E-state index in [1.54, 1.807) is 16.6 Å². The van der Waals surface area contributed by atoms with Gasteiger partial charge in [-0.2, -0.15) is 4.31 Å². The average Bonchev–Trinajstić information content (AvgIpc) is 3.59. The number of benzene rings is 2. The molecule has 1 unspecified atom stereocenters. The van der Waals surface area contributed by atoms with Gasteiger partial charge in [-0.05, 0) is 82.0 Å². The molecule has 6 rings (SSSR count). The molecule has 3 aliphatic rings. The number of carbonyl (C=O) groups is 1. The average molecular weight is 619 g/mol. The molecule has 236 valence electrons. The van der Waals surface area contributed by atoms with Gasteiger partial charge in [0.25, 0.3) is 0 Å². The monoisotopic (exact) mass is 618 g/mol. The Morgan fingerprint density at radius 2 is 1.68 bits per heavy atom. The van der Waals surface area contributed by atoms with Crippen molar-refractivity contribution in [1.82, 2.24) is 19.1 Å². The van der Waals surface area contributed by atoms with E-state index in [-0.39, 0.29) is 11.9 Å². The zero-order valence-electron chi connectivity index (χ0n) is 25.8. The van der Waals surface area contributed by atoms with Gasteiger partial charge in [0.15, 0.2) is 0 Å². The van der Waals surface area contributed by atoms with Crippen LogP contribution in [0.1, 0.15) is 69.8 Å². The summed E-state index contributed by atoms with van der Waals surface area (Å²) in [6, 6.07) is 17.2. The Balaban J connectivity index is 1.04. The molecule has 3 saturated heterocycles. The van der Waals surface area contributed by atoms with Crippen LogP contribution < -0.4 is 0 Å². The Hall–Kier alpha value is -2.85. The zero-order valence-corrected chi connectivity index (χ0v) is 26.6. The summed E-state index contributed by atoms with van der Waals surface area (Å²) in [4.78, 5) is 22.6. The SMILES string of the molecule is O=C(CCCC1CCCCN1S(=O)(=O)c1cccc2ccccc12)N1CCC(OCCN2CCCC2)(c2cccnc2)CC1. The fourth-order valence-electron chi connectivity index (χ4n) is 7.42. The van der Waals surface area contributed by atoms with Crippen molar-refractivity contribution >= 4 is 26.7 Å². The Bertz CT molecular complexity index is 1500. The summed E-state index contributed by atoms with van der Waals surface area (Å²) in [6.07, 6.45) is 12.3. The van der Waals surface area contributed by atoms with Gasteiger partial charge in [-0.3, -0.25) is 9.78 Å². The molecule has 0 spiro atoms. The first-order valence-corrected chi connectivity index (χ1v) is 17.9. The van der Waals surface area contributed by atoms with Gasteiger partial charge in [0.05, 0.1) is 17.1 Å². The van der Waals surface area contributed by atoms with Gasteiger partial charge in [0.1, 0.15) is 0 Å². The number of rotatable bonds is 11. The van der Waals surface area contributed by atoms with E-state index in [9.17, 15) is 13.2 Å². The first kappa shape index (κ1) is 31.1. The van der Waals surface area contributed by atoms with Crippen molar-refractivity contribution < 1.29 is 17.9 Å². The molecule has 0 aliphatic carbocycles. The number of fused-ring (bicyclic) bond motifs is 1. The van der Waals surface area contributed by atoms with Crippen molar-refractivity contribution in [1.29, 1.82) is 0 Å². The molecule has 1 amide bonds. The number of carbonyl (C=O) groups excluding carboxylic acids is 1. The minimum atomic E-state index is -3.65. The number of sulfonamides is 1. The second kappa shape index (κ2) is 14.1. The van der Waals surface area contributed by atoms with E-state index in [2.05, 4.69) is 16.0 Å². The van der Waals surface area contributed by atoms with Crippen LogP contribution in [0.15, 0.2) is 71.9 Å². The van der Waals surface area contributed by atoms with Crippen LogP contribution in [-0.4, -0.2) is 85.3 Å². The summed E-state index contributed by atoms with van der Waals surface area (Å²) < 4.78 is 36.2. The Kier molecular flexibility index (Phi) is 9.95. The Labute approximate surface area is 262 Å².